The molecule has 2 rings (SSSR count). The van der Waals surface area contributed by atoms with Gasteiger partial charge in [0.2, 0.25) is 10.0 Å². The minimum absolute atomic E-state index is 0.198. The number of hydrogen-bond donors (Lipinski definition) is 2. The van der Waals surface area contributed by atoms with Crippen molar-refractivity contribution in [2.45, 2.75) is 24.7 Å². The summed E-state index contributed by atoms with van der Waals surface area (Å²) >= 11 is 5.22. The van der Waals surface area contributed by atoms with Gasteiger partial charge in [0.25, 0.3) is 0 Å². The van der Waals surface area contributed by atoms with Crippen LogP contribution in [-0.2, 0) is 10.0 Å². The zero-order valence-corrected chi connectivity index (χ0v) is 15.2. The normalized spacial score (nSPS) is 16.9. The van der Waals surface area contributed by atoms with Gasteiger partial charge in [0.15, 0.2) is 0 Å². The maximum Gasteiger partial charge on any atom is 0.244 e. The molecule has 5 nitrogen and oxygen atoms in total. The van der Waals surface area contributed by atoms with E-state index in [0.29, 0.717) is 29.3 Å². The quantitative estimate of drug-likeness (QED) is 0.777. The van der Waals surface area contributed by atoms with E-state index in [2.05, 4.69) is 31.0 Å². The topological polar surface area (TPSA) is 71.1 Å². The van der Waals surface area contributed by atoms with Crippen LogP contribution in [0.15, 0.2) is 21.6 Å². The summed E-state index contributed by atoms with van der Waals surface area (Å²) in [6, 6.07) is 1.59. The fourth-order valence-corrected chi connectivity index (χ4v) is 5.14. The highest BCUT2D eigenvalue weighted by atomic mass is 79.9. The lowest BCUT2D eigenvalue weighted by molar-refractivity contribution is 0.476. The second-order valence-electron chi connectivity index (χ2n) is 4.94. The van der Waals surface area contributed by atoms with Crippen molar-refractivity contribution in [1.29, 1.82) is 0 Å². The number of sulfonamides is 1. The molecule has 0 saturated carbocycles. The van der Waals surface area contributed by atoms with Crippen LogP contribution in [0.2, 0.25) is 0 Å². The van der Waals surface area contributed by atoms with E-state index >= 15 is 0 Å². The van der Waals surface area contributed by atoms with Crippen molar-refractivity contribution in [1.82, 2.24) is 9.71 Å². The SMILES string of the molecule is CCNc1ncc(Br)cc1S(=O)(=O)NCC1CCSCC1. The Morgan fingerprint density at radius 3 is 2.81 bits per heavy atom. The summed E-state index contributed by atoms with van der Waals surface area (Å²) in [6.45, 7) is 3.03. The highest BCUT2D eigenvalue weighted by molar-refractivity contribution is 9.10. The molecule has 0 aromatic carbocycles. The van der Waals surface area contributed by atoms with Crippen molar-refractivity contribution in [3.63, 3.8) is 0 Å². The van der Waals surface area contributed by atoms with Crippen LogP contribution in [0.4, 0.5) is 5.82 Å². The second kappa shape index (κ2) is 7.80. The molecule has 8 heteroatoms. The Balaban J connectivity index is 2.12. The van der Waals surface area contributed by atoms with E-state index in [4.69, 9.17) is 0 Å². The van der Waals surface area contributed by atoms with Gasteiger partial charge in [-0.3, -0.25) is 0 Å². The first-order valence-electron chi connectivity index (χ1n) is 6.99. The Bertz CT molecular complexity index is 575. The van der Waals surface area contributed by atoms with E-state index in [1.807, 2.05) is 18.7 Å². The molecule has 0 radical (unpaired) electrons. The lowest BCUT2D eigenvalue weighted by Gasteiger charge is -2.21. The fraction of sp³-hybridized carbons (Fsp3) is 0.615. The van der Waals surface area contributed by atoms with Crippen LogP contribution < -0.4 is 10.0 Å². The summed E-state index contributed by atoms with van der Waals surface area (Å²) in [5.41, 5.74) is 0. The number of aromatic nitrogens is 1. The number of hydrogen-bond acceptors (Lipinski definition) is 5. The standard InChI is InChI=1S/C13H20BrN3O2S2/c1-2-15-13-12(7-11(14)9-16-13)21(18,19)17-8-10-3-5-20-6-4-10/h7,9-10,17H,2-6,8H2,1H3,(H,15,16). The van der Waals surface area contributed by atoms with Crippen LogP contribution in [0.25, 0.3) is 0 Å². The van der Waals surface area contributed by atoms with Gasteiger partial charge in [0.1, 0.15) is 10.7 Å². The Labute approximate surface area is 138 Å². The lowest BCUT2D eigenvalue weighted by atomic mass is 10.0. The van der Waals surface area contributed by atoms with Crippen LogP contribution in [0, 0.1) is 5.92 Å². The summed E-state index contributed by atoms with van der Waals surface area (Å²) in [5.74, 6) is 3.07. The molecule has 2 heterocycles. The molecule has 1 aliphatic heterocycles. The number of rotatable bonds is 6. The number of halogens is 1. The largest absolute Gasteiger partial charge is 0.369 e. The second-order valence-corrected chi connectivity index (χ2v) is 8.81. The van der Waals surface area contributed by atoms with Crippen molar-refractivity contribution in [3.8, 4) is 0 Å². The summed E-state index contributed by atoms with van der Waals surface area (Å²) in [5, 5.41) is 2.99. The van der Waals surface area contributed by atoms with Crippen LogP contribution in [-0.4, -0.2) is 38.0 Å². The third kappa shape index (κ3) is 4.84. The molecule has 0 unspecified atom stereocenters. The molecule has 1 aliphatic rings. The number of nitrogens with one attached hydrogen (secondary N) is 2. The Hall–Kier alpha value is -0.310. The summed E-state index contributed by atoms with van der Waals surface area (Å²) in [4.78, 5) is 4.35. The predicted molar refractivity (Wildman–Crippen MR) is 91.3 cm³/mol. The Morgan fingerprint density at radius 2 is 2.14 bits per heavy atom. The fourth-order valence-electron chi connectivity index (χ4n) is 2.18. The first-order valence-corrected chi connectivity index (χ1v) is 10.4. The van der Waals surface area contributed by atoms with Crippen LogP contribution in [0.5, 0.6) is 0 Å². The highest BCUT2D eigenvalue weighted by Crippen LogP contribution is 2.25. The van der Waals surface area contributed by atoms with Crippen molar-refractivity contribution < 1.29 is 8.42 Å². The zero-order valence-electron chi connectivity index (χ0n) is 11.9. The number of pyridine rings is 1. The molecule has 2 N–H and O–H groups in total. The molecule has 0 spiro atoms. The minimum atomic E-state index is -3.55. The van der Waals surface area contributed by atoms with E-state index in [0.717, 1.165) is 24.3 Å². The van der Waals surface area contributed by atoms with Gasteiger partial charge in [-0.05, 0) is 59.2 Å². The summed E-state index contributed by atoms with van der Waals surface area (Å²) in [6.07, 6.45) is 3.74. The molecular formula is C13H20BrN3O2S2. The van der Waals surface area contributed by atoms with Crippen molar-refractivity contribution in [3.05, 3.63) is 16.7 Å². The monoisotopic (exact) mass is 393 g/mol. The van der Waals surface area contributed by atoms with Gasteiger partial charge in [-0.15, -0.1) is 0 Å². The molecule has 0 atom stereocenters. The predicted octanol–water partition coefficient (Wildman–Crippen LogP) is 2.70. The maximum atomic E-state index is 12.5. The van der Waals surface area contributed by atoms with Crippen LogP contribution >= 0.6 is 27.7 Å². The molecule has 1 saturated heterocycles. The molecule has 0 aliphatic carbocycles. The van der Waals surface area contributed by atoms with Crippen LogP contribution in [0.3, 0.4) is 0 Å². The lowest BCUT2D eigenvalue weighted by Crippen LogP contribution is -2.31. The van der Waals surface area contributed by atoms with Crippen molar-refractivity contribution in [2.24, 2.45) is 5.92 Å². The van der Waals surface area contributed by atoms with Gasteiger partial charge >= 0.3 is 0 Å². The zero-order chi connectivity index (χ0) is 15.3. The Kier molecular flexibility index (Phi) is 6.34. The number of anilines is 1. The summed E-state index contributed by atoms with van der Waals surface area (Å²) in [7, 11) is -3.55. The number of nitrogens with zero attached hydrogens (tertiary/aromatic N) is 1. The van der Waals surface area contributed by atoms with Gasteiger partial charge < -0.3 is 5.32 Å². The average Bonchev–Trinajstić information content (AvgIpc) is 2.48. The molecule has 0 amide bonds. The first kappa shape index (κ1) is 17.1. The van der Waals surface area contributed by atoms with Gasteiger partial charge in [0.05, 0.1) is 0 Å². The van der Waals surface area contributed by atoms with Crippen LogP contribution in [0.1, 0.15) is 19.8 Å². The Morgan fingerprint density at radius 1 is 1.43 bits per heavy atom. The smallest absolute Gasteiger partial charge is 0.244 e. The number of thioether (sulfide) groups is 1. The average molecular weight is 394 g/mol. The van der Waals surface area contributed by atoms with E-state index in [9.17, 15) is 8.42 Å². The molecule has 0 bridgehead atoms. The molecule has 21 heavy (non-hydrogen) atoms. The molecule has 1 aromatic heterocycles. The van der Waals surface area contributed by atoms with E-state index in [-0.39, 0.29) is 4.90 Å². The van der Waals surface area contributed by atoms with Gasteiger partial charge in [-0.1, -0.05) is 0 Å². The minimum Gasteiger partial charge on any atom is -0.369 e. The van der Waals surface area contributed by atoms with Gasteiger partial charge in [-0.2, -0.15) is 11.8 Å². The molecule has 118 valence electrons. The van der Waals surface area contributed by atoms with Gasteiger partial charge in [-0.25, -0.2) is 18.1 Å². The molecule has 1 aromatic rings. The first-order chi connectivity index (χ1) is 10.0. The van der Waals surface area contributed by atoms with Crippen molar-refractivity contribution in [2.75, 3.05) is 29.9 Å². The van der Waals surface area contributed by atoms with Crippen molar-refractivity contribution >= 4 is 43.5 Å². The molecular weight excluding hydrogens is 374 g/mol. The molecule has 1 fully saturated rings. The van der Waals surface area contributed by atoms with E-state index < -0.39 is 10.0 Å². The third-order valence-corrected chi connectivity index (χ3v) is 6.28. The van der Waals surface area contributed by atoms with E-state index in [1.54, 1.807) is 12.3 Å². The van der Waals surface area contributed by atoms with Gasteiger partial charge in [0, 0.05) is 23.8 Å². The van der Waals surface area contributed by atoms with E-state index in [1.165, 1.54) is 0 Å². The third-order valence-electron chi connectivity index (χ3n) is 3.36. The summed E-state index contributed by atoms with van der Waals surface area (Å²) < 4.78 is 28.4. The highest BCUT2D eigenvalue weighted by Gasteiger charge is 2.22. The maximum absolute atomic E-state index is 12.5.